The predicted molar refractivity (Wildman–Crippen MR) is 117 cm³/mol. The maximum absolute atomic E-state index is 13.4. The Balaban J connectivity index is 1.84. The second kappa shape index (κ2) is 8.76. The number of terminal acetylenes is 1. The normalized spacial score (nSPS) is 25.5. The van der Waals surface area contributed by atoms with Crippen molar-refractivity contribution in [2.45, 2.75) is 24.2 Å². The Morgan fingerprint density at radius 2 is 1.86 bits per heavy atom. The maximum Gasteiger partial charge on any atom is 0.416 e. The van der Waals surface area contributed by atoms with Crippen LogP contribution in [0.25, 0.3) is 0 Å². The highest BCUT2D eigenvalue weighted by Gasteiger charge is 2.68. The van der Waals surface area contributed by atoms with Crippen LogP contribution in [0.3, 0.4) is 0 Å². The van der Waals surface area contributed by atoms with Crippen LogP contribution in [-0.4, -0.2) is 44.8 Å². The first-order valence-electron chi connectivity index (χ1n) is 10.6. The molecule has 0 saturated carbocycles. The van der Waals surface area contributed by atoms with Crippen molar-refractivity contribution in [3.05, 3.63) is 75.3 Å². The fraction of sp³-hybridized carbons (Fsp3) is 0.292. The standard InChI is InChI=1S/C24H18F3N3O6/c1-2-10-29-20(31)17-18(21(29)32)23(22(33)34,12-13-6-8-16(9-7-13)30(35)36)28-19(17)14-4-3-5-15(11-14)24(25,26)27/h1,3-9,11,17-19,28H,10,12H2,(H,33,34). The van der Waals surface area contributed by atoms with Crippen molar-refractivity contribution in [3.8, 4) is 12.3 Å². The number of non-ortho nitro benzene ring substituents is 1. The lowest BCUT2D eigenvalue weighted by molar-refractivity contribution is -0.384. The van der Waals surface area contributed by atoms with Gasteiger partial charge in [0.25, 0.3) is 5.69 Å². The zero-order valence-corrected chi connectivity index (χ0v) is 18.4. The molecule has 2 aromatic rings. The van der Waals surface area contributed by atoms with E-state index in [0.29, 0.717) is 5.56 Å². The van der Waals surface area contributed by atoms with E-state index in [4.69, 9.17) is 6.42 Å². The number of amides is 2. The Kier molecular flexibility index (Phi) is 6.05. The number of halogens is 3. The van der Waals surface area contributed by atoms with Gasteiger partial charge in [-0.15, -0.1) is 6.42 Å². The topological polar surface area (TPSA) is 130 Å². The summed E-state index contributed by atoms with van der Waals surface area (Å²) in [6.07, 6.45) is 0.210. The number of carbonyl (C=O) groups is 3. The van der Waals surface area contributed by atoms with Crippen molar-refractivity contribution >= 4 is 23.5 Å². The summed E-state index contributed by atoms with van der Waals surface area (Å²) >= 11 is 0. The molecule has 2 amide bonds. The molecular weight excluding hydrogens is 483 g/mol. The molecule has 4 unspecified atom stereocenters. The minimum Gasteiger partial charge on any atom is -0.480 e. The molecule has 36 heavy (non-hydrogen) atoms. The highest BCUT2D eigenvalue weighted by molar-refractivity contribution is 6.09. The summed E-state index contributed by atoms with van der Waals surface area (Å²) in [4.78, 5) is 50.3. The van der Waals surface area contributed by atoms with Crippen LogP contribution in [0.15, 0.2) is 48.5 Å². The Morgan fingerprint density at radius 1 is 1.19 bits per heavy atom. The number of nitro benzene ring substituents is 1. The van der Waals surface area contributed by atoms with Crippen LogP contribution in [0.1, 0.15) is 22.7 Å². The minimum absolute atomic E-state index is 0.0182. The van der Waals surface area contributed by atoms with Crippen molar-refractivity contribution in [2.24, 2.45) is 11.8 Å². The summed E-state index contributed by atoms with van der Waals surface area (Å²) in [7, 11) is 0. The van der Waals surface area contributed by atoms with Gasteiger partial charge in [-0.3, -0.25) is 34.7 Å². The van der Waals surface area contributed by atoms with Gasteiger partial charge in [0.05, 0.1) is 28.9 Å². The predicted octanol–water partition coefficient (Wildman–Crippen LogP) is 2.56. The Bertz CT molecular complexity index is 1300. The average molecular weight is 501 g/mol. The summed E-state index contributed by atoms with van der Waals surface area (Å²) in [5, 5.41) is 24.1. The number of aliphatic carboxylic acids is 1. The molecule has 0 aromatic heterocycles. The van der Waals surface area contributed by atoms with E-state index < -0.39 is 64.4 Å². The number of nitrogens with one attached hydrogen (secondary N) is 1. The molecule has 0 aliphatic carbocycles. The van der Waals surface area contributed by atoms with Crippen molar-refractivity contribution in [1.82, 2.24) is 10.2 Å². The molecule has 2 saturated heterocycles. The largest absolute Gasteiger partial charge is 0.480 e. The molecule has 12 heteroatoms. The Hall–Kier alpha value is -4.24. The SMILES string of the molecule is C#CCN1C(=O)C2C(c3cccc(C(F)(F)F)c3)NC(Cc3ccc([N+](=O)[O-])cc3)(C(=O)O)C2C1=O. The average Bonchev–Trinajstić information content (AvgIpc) is 3.29. The highest BCUT2D eigenvalue weighted by atomic mass is 19.4. The number of carboxylic acids is 1. The van der Waals surface area contributed by atoms with Crippen LogP contribution < -0.4 is 5.32 Å². The smallest absolute Gasteiger partial charge is 0.416 e. The Labute approximate surface area is 202 Å². The van der Waals surface area contributed by atoms with Gasteiger partial charge in [-0.1, -0.05) is 30.2 Å². The van der Waals surface area contributed by atoms with Crippen molar-refractivity contribution in [2.75, 3.05) is 6.54 Å². The molecule has 4 rings (SSSR count). The minimum atomic E-state index is -4.69. The third-order valence-corrected chi connectivity index (χ3v) is 6.58. The van der Waals surface area contributed by atoms with Gasteiger partial charge in [0.1, 0.15) is 5.54 Å². The van der Waals surface area contributed by atoms with Crippen molar-refractivity contribution < 1.29 is 37.6 Å². The first kappa shape index (κ1) is 24.9. The number of likely N-dealkylation sites (tertiary alicyclic amines) is 1. The van der Waals surface area contributed by atoms with E-state index in [1.165, 1.54) is 18.2 Å². The number of nitrogens with zero attached hydrogens (tertiary/aromatic N) is 2. The fourth-order valence-corrected chi connectivity index (χ4v) is 5.00. The molecule has 9 nitrogen and oxygen atoms in total. The summed E-state index contributed by atoms with van der Waals surface area (Å²) in [6, 6.07) is 7.80. The number of benzene rings is 2. The summed E-state index contributed by atoms with van der Waals surface area (Å²) < 4.78 is 40.1. The first-order valence-corrected chi connectivity index (χ1v) is 10.6. The molecule has 4 atom stereocenters. The maximum atomic E-state index is 13.4. The molecule has 2 heterocycles. The van der Waals surface area contributed by atoms with Gasteiger partial charge in [0, 0.05) is 24.6 Å². The van der Waals surface area contributed by atoms with E-state index >= 15 is 0 Å². The molecule has 2 aromatic carbocycles. The summed E-state index contributed by atoms with van der Waals surface area (Å²) in [5.74, 6) is -3.79. The van der Waals surface area contributed by atoms with Crippen LogP contribution in [0.4, 0.5) is 18.9 Å². The second-order valence-corrected chi connectivity index (χ2v) is 8.59. The highest BCUT2D eigenvalue weighted by Crippen LogP contribution is 2.50. The number of fused-ring (bicyclic) bond motifs is 1. The lowest BCUT2D eigenvalue weighted by atomic mass is 9.76. The molecule has 186 valence electrons. The van der Waals surface area contributed by atoms with Crippen LogP contribution in [0.5, 0.6) is 0 Å². The van der Waals surface area contributed by atoms with Gasteiger partial charge in [0.15, 0.2) is 0 Å². The number of rotatable bonds is 6. The lowest BCUT2D eigenvalue weighted by Crippen LogP contribution is -2.57. The Morgan fingerprint density at radius 3 is 2.42 bits per heavy atom. The van der Waals surface area contributed by atoms with E-state index in [9.17, 15) is 42.8 Å². The van der Waals surface area contributed by atoms with E-state index in [2.05, 4.69) is 11.2 Å². The van der Waals surface area contributed by atoms with Crippen molar-refractivity contribution in [3.63, 3.8) is 0 Å². The van der Waals surface area contributed by atoms with E-state index in [1.807, 2.05) is 0 Å². The summed E-state index contributed by atoms with van der Waals surface area (Å²) in [6.45, 7) is -0.423. The number of carbonyl (C=O) groups excluding carboxylic acids is 2. The van der Waals surface area contributed by atoms with Crippen LogP contribution in [0, 0.1) is 34.3 Å². The van der Waals surface area contributed by atoms with Gasteiger partial charge < -0.3 is 5.11 Å². The molecule has 0 radical (unpaired) electrons. The van der Waals surface area contributed by atoms with Gasteiger partial charge in [-0.2, -0.15) is 13.2 Å². The quantitative estimate of drug-likeness (QED) is 0.269. The van der Waals surface area contributed by atoms with Gasteiger partial charge in [-0.05, 0) is 23.3 Å². The molecular formula is C24H18F3N3O6. The zero-order chi connectivity index (χ0) is 26.4. The van der Waals surface area contributed by atoms with Gasteiger partial charge >= 0.3 is 12.1 Å². The number of alkyl halides is 3. The van der Waals surface area contributed by atoms with Crippen LogP contribution in [-0.2, 0) is 27.0 Å². The first-order chi connectivity index (χ1) is 16.9. The van der Waals surface area contributed by atoms with E-state index in [1.54, 1.807) is 0 Å². The fourth-order valence-electron chi connectivity index (χ4n) is 5.00. The number of carboxylic acid groups (broad SMARTS) is 1. The van der Waals surface area contributed by atoms with Crippen LogP contribution in [0.2, 0.25) is 0 Å². The lowest BCUT2D eigenvalue weighted by Gasteiger charge is -2.31. The number of hydrogen-bond acceptors (Lipinski definition) is 6. The molecule has 2 fully saturated rings. The third kappa shape index (κ3) is 3.97. The van der Waals surface area contributed by atoms with Gasteiger partial charge in [0.2, 0.25) is 11.8 Å². The molecule has 2 aliphatic rings. The van der Waals surface area contributed by atoms with Gasteiger partial charge in [-0.25, -0.2) is 0 Å². The monoisotopic (exact) mass is 501 g/mol. The number of imide groups is 1. The third-order valence-electron chi connectivity index (χ3n) is 6.58. The summed E-state index contributed by atoms with van der Waals surface area (Å²) in [5.41, 5.74) is -3.06. The zero-order valence-electron chi connectivity index (χ0n) is 18.4. The van der Waals surface area contributed by atoms with E-state index in [0.717, 1.165) is 35.2 Å². The molecule has 2 aliphatic heterocycles. The number of nitro groups is 1. The van der Waals surface area contributed by atoms with Crippen molar-refractivity contribution in [1.29, 1.82) is 0 Å². The molecule has 0 spiro atoms. The molecule has 0 bridgehead atoms. The van der Waals surface area contributed by atoms with Crippen LogP contribution >= 0.6 is 0 Å². The van der Waals surface area contributed by atoms with E-state index in [-0.39, 0.29) is 17.7 Å². The second-order valence-electron chi connectivity index (χ2n) is 8.59. The number of hydrogen-bond donors (Lipinski definition) is 2. The molecule has 2 N–H and O–H groups in total.